The number of aliphatic carboxylic acids is 1. The molecular weight excluding hydrogens is 444 g/mol. The fraction of sp³-hybridized carbons (Fsp3) is 0.308. The molecule has 3 aromatic rings. The molecule has 0 saturated heterocycles. The number of nitrogens with zero attached hydrogens (tertiary/aromatic N) is 1. The fourth-order valence-corrected chi connectivity index (χ4v) is 4.19. The van der Waals surface area contributed by atoms with E-state index in [1.54, 1.807) is 6.26 Å². The van der Waals surface area contributed by atoms with E-state index in [1.165, 1.54) is 0 Å². The van der Waals surface area contributed by atoms with Crippen LogP contribution in [0, 0.1) is 0 Å². The third-order valence-electron chi connectivity index (χ3n) is 5.77. The molecular formula is C26H31B2NO6. The maximum atomic E-state index is 13.7. The number of amides is 1. The number of rotatable bonds is 12. The van der Waals surface area contributed by atoms with Gasteiger partial charge < -0.3 is 23.9 Å². The summed E-state index contributed by atoms with van der Waals surface area (Å²) in [4.78, 5) is 26.2. The lowest BCUT2D eigenvalue weighted by Gasteiger charge is -2.43. The third kappa shape index (κ3) is 6.57. The molecule has 2 aromatic carbocycles. The van der Waals surface area contributed by atoms with Crippen LogP contribution in [0.5, 0.6) is 5.75 Å². The largest absolute Gasteiger partial charge is 0.491 e. The summed E-state index contributed by atoms with van der Waals surface area (Å²) in [5, 5.41) is 8.03. The molecule has 0 saturated carbocycles. The number of ether oxygens (including phenoxy) is 2. The molecule has 1 N–H and O–H groups in total. The minimum atomic E-state index is -0.896. The van der Waals surface area contributed by atoms with E-state index in [1.807, 2.05) is 95.1 Å². The second-order valence-electron chi connectivity index (χ2n) is 8.98. The van der Waals surface area contributed by atoms with Gasteiger partial charge in [0.15, 0.2) is 0 Å². The highest BCUT2D eigenvalue weighted by Gasteiger charge is 2.36. The van der Waals surface area contributed by atoms with Crippen molar-refractivity contribution >= 4 is 27.6 Å². The van der Waals surface area contributed by atoms with Crippen molar-refractivity contribution in [3.63, 3.8) is 0 Å². The Morgan fingerprint density at radius 1 is 1.00 bits per heavy atom. The van der Waals surface area contributed by atoms with E-state index < -0.39 is 11.3 Å². The third-order valence-corrected chi connectivity index (χ3v) is 5.77. The maximum Gasteiger partial charge on any atom is 0.305 e. The van der Waals surface area contributed by atoms with Crippen LogP contribution < -0.4 is 4.74 Å². The van der Waals surface area contributed by atoms with Crippen LogP contribution >= 0.6 is 0 Å². The standard InChI is InChI=1S/C26H31B2NO6/c1-18(2)29(25(32)20-11-9-19(10-12-20)22-8-5-14-34-22)26(27,28)21-6-3-4-7-23(21)35-17-16-33-15-13-24(30)31/h3-12,14,18H,13,15-17,27-28H2,1-2H3,(H,30,31). The van der Waals surface area contributed by atoms with E-state index in [9.17, 15) is 9.59 Å². The molecule has 0 fully saturated rings. The van der Waals surface area contributed by atoms with E-state index in [0.717, 1.165) is 16.9 Å². The Bertz CT molecular complexity index is 1110. The molecule has 1 aromatic heterocycles. The van der Waals surface area contributed by atoms with Gasteiger partial charge in [-0.3, -0.25) is 9.59 Å². The summed E-state index contributed by atoms with van der Waals surface area (Å²) in [5.74, 6) is 0.434. The average Bonchev–Trinajstić information content (AvgIpc) is 3.36. The predicted octanol–water partition coefficient (Wildman–Crippen LogP) is 2.74. The van der Waals surface area contributed by atoms with Crippen LogP contribution in [-0.4, -0.2) is 63.4 Å². The van der Waals surface area contributed by atoms with Gasteiger partial charge in [-0.15, -0.1) is 0 Å². The van der Waals surface area contributed by atoms with Crippen LogP contribution in [-0.2, 0) is 14.9 Å². The minimum Gasteiger partial charge on any atom is -0.491 e. The molecule has 0 unspecified atom stereocenters. The highest BCUT2D eigenvalue weighted by atomic mass is 16.5. The van der Waals surface area contributed by atoms with Gasteiger partial charge in [0.25, 0.3) is 5.91 Å². The van der Waals surface area contributed by atoms with Crippen LogP contribution in [0.15, 0.2) is 71.3 Å². The predicted molar refractivity (Wildman–Crippen MR) is 139 cm³/mol. The Kier molecular flexibility index (Phi) is 8.82. The lowest BCUT2D eigenvalue weighted by molar-refractivity contribution is -0.138. The van der Waals surface area contributed by atoms with Crippen molar-refractivity contribution in [3.8, 4) is 17.1 Å². The zero-order chi connectivity index (χ0) is 25.4. The van der Waals surface area contributed by atoms with E-state index >= 15 is 0 Å². The van der Waals surface area contributed by atoms with Crippen LogP contribution in [0.1, 0.15) is 36.2 Å². The number of hydrogen-bond acceptors (Lipinski definition) is 5. The summed E-state index contributed by atoms with van der Waals surface area (Å²) in [5.41, 5.74) is 2.37. The lowest BCUT2D eigenvalue weighted by Crippen LogP contribution is -2.54. The van der Waals surface area contributed by atoms with Gasteiger partial charge >= 0.3 is 5.97 Å². The fourth-order valence-electron chi connectivity index (χ4n) is 4.19. The van der Waals surface area contributed by atoms with Crippen molar-refractivity contribution in [1.29, 1.82) is 0 Å². The normalized spacial score (nSPS) is 11.4. The number of carboxylic acids is 1. The van der Waals surface area contributed by atoms with Crippen molar-refractivity contribution in [2.45, 2.75) is 31.6 Å². The van der Waals surface area contributed by atoms with Gasteiger partial charge in [-0.25, -0.2) is 0 Å². The topological polar surface area (TPSA) is 89.2 Å². The van der Waals surface area contributed by atoms with Crippen molar-refractivity contribution in [2.75, 3.05) is 19.8 Å². The first-order valence-electron chi connectivity index (χ1n) is 11.7. The number of benzene rings is 2. The zero-order valence-corrected chi connectivity index (χ0v) is 20.7. The van der Waals surface area contributed by atoms with E-state index in [-0.39, 0.29) is 38.2 Å². The molecule has 9 heteroatoms. The minimum absolute atomic E-state index is 0.0441. The van der Waals surface area contributed by atoms with Gasteiger partial charge in [-0.2, -0.15) is 0 Å². The molecule has 0 atom stereocenters. The summed E-state index contributed by atoms with van der Waals surface area (Å²) < 4.78 is 16.8. The van der Waals surface area contributed by atoms with Gasteiger partial charge in [-0.1, -0.05) is 30.3 Å². The molecule has 7 nitrogen and oxygen atoms in total. The van der Waals surface area contributed by atoms with Crippen molar-refractivity contribution in [2.24, 2.45) is 0 Å². The molecule has 0 radical (unpaired) electrons. The molecule has 1 heterocycles. The molecule has 35 heavy (non-hydrogen) atoms. The SMILES string of the molecule is BC(B)(c1ccccc1OCCOCCC(=O)O)N(C(=O)c1ccc(-c2ccco2)cc1)C(C)C. The summed E-state index contributed by atoms with van der Waals surface area (Å²) in [6, 6.07) is 18.7. The molecule has 1 amide bonds. The summed E-state index contributed by atoms with van der Waals surface area (Å²) in [7, 11) is 4.02. The van der Waals surface area contributed by atoms with Gasteiger partial charge in [0, 0.05) is 28.1 Å². The van der Waals surface area contributed by atoms with E-state index in [2.05, 4.69) is 0 Å². The molecule has 0 aliphatic rings. The summed E-state index contributed by atoms with van der Waals surface area (Å²) in [6.07, 6.45) is 1.58. The Balaban J connectivity index is 1.78. The highest BCUT2D eigenvalue weighted by Crippen LogP contribution is 2.33. The summed E-state index contributed by atoms with van der Waals surface area (Å²) in [6.45, 7) is 4.68. The van der Waals surface area contributed by atoms with Crippen LogP contribution in [0.25, 0.3) is 11.3 Å². The highest BCUT2D eigenvalue weighted by molar-refractivity contribution is 6.41. The monoisotopic (exact) mass is 475 g/mol. The van der Waals surface area contributed by atoms with Gasteiger partial charge in [0.05, 0.1) is 25.9 Å². The Hall–Kier alpha value is -3.45. The number of carbonyl (C=O) groups is 2. The number of carbonyl (C=O) groups excluding carboxylic acids is 1. The van der Waals surface area contributed by atoms with E-state index in [4.69, 9.17) is 19.0 Å². The number of carboxylic acid groups (broad SMARTS) is 1. The maximum absolute atomic E-state index is 13.7. The molecule has 0 aliphatic carbocycles. The van der Waals surface area contributed by atoms with Gasteiger partial charge in [-0.05, 0) is 44.2 Å². The Morgan fingerprint density at radius 3 is 2.34 bits per heavy atom. The number of hydrogen-bond donors (Lipinski definition) is 1. The first-order chi connectivity index (χ1) is 16.7. The van der Waals surface area contributed by atoms with Crippen LogP contribution in [0.4, 0.5) is 0 Å². The Labute approximate surface area is 207 Å². The molecule has 0 bridgehead atoms. The smallest absolute Gasteiger partial charge is 0.305 e. The second kappa shape index (κ2) is 11.8. The average molecular weight is 475 g/mol. The van der Waals surface area contributed by atoms with Gasteiger partial charge in [0.1, 0.15) is 33.8 Å². The van der Waals surface area contributed by atoms with Crippen molar-refractivity contribution in [1.82, 2.24) is 4.90 Å². The molecule has 3 rings (SSSR count). The molecule has 182 valence electrons. The lowest BCUT2D eigenvalue weighted by atomic mass is 9.56. The van der Waals surface area contributed by atoms with Crippen molar-refractivity contribution < 1.29 is 28.6 Å². The van der Waals surface area contributed by atoms with E-state index in [0.29, 0.717) is 11.3 Å². The van der Waals surface area contributed by atoms with Gasteiger partial charge in [0.2, 0.25) is 0 Å². The zero-order valence-electron chi connectivity index (χ0n) is 20.7. The molecule has 0 spiro atoms. The summed E-state index contributed by atoms with van der Waals surface area (Å²) >= 11 is 0. The quantitative estimate of drug-likeness (QED) is 0.320. The number of para-hydroxylation sites is 1. The first-order valence-corrected chi connectivity index (χ1v) is 11.7. The van der Waals surface area contributed by atoms with Crippen molar-refractivity contribution in [3.05, 3.63) is 78.1 Å². The van der Waals surface area contributed by atoms with Crippen LogP contribution in [0.3, 0.4) is 0 Å². The molecule has 0 aliphatic heterocycles. The second-order valence-corrected chi connectivity index (χ2v) is 8.98. The first kappa shape index (κ1) is 26.2. The Morgan fingerprint density at radius 2 is 1.71 bits per heavy atom. The number of furan rings is 1. The van der Waals surface area contributed by atoms with Crippen LogP contribution in [0.2, 0.25) is 0 Å².